The second kappa shape index (κ2) is 6.15. The maximum Gasteiger partial charge on any atom is 0.354 e. The molecule has 2 aromatic rings. The Hall–Kier alpha value is -2.40. The van der Waals surface area contributed by atoms with E-state index in [2.05, 4.69) is 9.88 Å². The lowest BCUT2D eigenvalue weighted by atomic mass is 10.1. The Balaban J connectivity index is 2.00. The standard InChI is InChI=1S/C17H18N2O3/c1-22-14-7-8-19(11-14)13-9-15(12-5-3-2-4-6-12)18-16(10-13)17(20)21/h2-6,9-10,14H,7-8,11H2,1H3,(H,20,21). The Kier molecular flexibility index (Phi) is 4.06. The fraction of sp³-hybridized carbons (Fsp3) is 0.294. The first-order valence-electron chi connectivity index (χ1n) is 7.26. The smallest absolute Gasteiger partial charge is 0.354 e. The van der Waals surface area contributed by atoms with Crippen LogP contribution in [-0.2, 0) is 4.74 Å². The van der Waals surface area contributed by atoms with E-state index >= 15 is 0 Å². The third-order valence-electron chi connectivity index (χ3n) is 3.94. The van der Waals surface area contributed by atoms with Gasteiger partial charge >= 0.3 is 5.97 Å². The Bertz CT molecular complexity index is 673. The Morgan fingerprint density at radius 1 is 1.32 bits per heavy atom. The molecule has 1 aliphatic heterocycles. The zero-order chi connectivity index (χ0) is 15.5. The highest BCUT2D eigenvalue weighted by molar-refractivity contribution is 5.88. The summed E-state index contributed by atoms with van der Waals surface area (Å²) in [5, 5.41) is 9.32. The number of carboxylic acids is 1. The first-order chi connectivity index (χ1) is 10.7. The van der Waals surface area contributed by atoms with E-state index in [0.717, 1.165) is 30.8 Å². The van der Waals surface area contributed by atoms with Crippen molar-refractivity contribution in [1.82, 2.24) is 4.98 Å². The summed E-state index contributed by atoms with van der Waals surface area (Å²) in [6, 6.07) is 13.2. The van der Waals surface area contributed by atoms with E-state index in [-0.39, 0.29) is 11.8 Å². The molecule has 5 nitrogen and oxygen atoms in total. The third kappa shape index (κ3) is 2.94. The molecule has 2 heterocycles. The molecule has 114 valence electrons. The van der Waals surface area contributed by atoms with Gasteiger partial charge < -0.3 is 14.7 Å². The van der Waals surface area contributed by atoms with E-state index in [1.165, 1.54) is 0 Å². The molecule has 1 atom stereocenters. The van der Waals surface area contributed by atoms with Gasteiger partial charge in [-0.15, -0.1) is 0 Å². The average molecular weight is 298 g/mol. The molecule has 0 saturated carbocycles. The van der Waals surface area contributed by atoms with Gasteiger partial charge in [-0.05, 0) is 18.6 Å². The molecule has 3 rings (SSSR count). The SMILES string of the molecule is COC1CCN(c2cc(C(=O)O)nc(-c3ccccc3)c2)C1. The van der Waals surface area contributed by atoms with Crippen LogP contribution in [0, 0.1) is 0 Å². The fourth-order valence-electron chi connectivity index (χ4n) is 2.72. The van der Waals surface area contributed by atoms with Gasteiger partial charge in [0.2, 0.25) is 0 Å². The van der Waals surface area contributed by atoms with Crippen LogP contribution >= 0.6 is 0 Å². The number of carboxylic acid groups (broad SMARTS) is 1. The molecule has 1 unspecified atom stereocenters. The first-order valence-corrected chi connectivity index (χ1v) is 7.26. The third-order valence-corrected chi connectivity index (χ3v) is 3.94. The van der Waals surface area contributed by atoms with Crippen molar-refractivity contribution in [3.63, 3.8) is 0 Å². The molecule has 1 aromatic heterocycles. The number of pyridine rings is 1. The average Bonchev–Trinajstić information content (AvgIpc) is 3.04. The highest BCUT2D eigenvalue weighted by atomic mass is 16.5. The molecule has 22 heavy (non-hydrogen) atoms. The Morgan fingerprint density at radius 2 is 2.09 bits per heavy atom. The molecule has 5 heteroatoms. The number of hydrogen-bond acceptors (Lipinski definition) is 4. The van der Waals surface area contributed by atoms with Gasteiger partial charge in [0.05, 0.1) is 11.8 Å². The van der Waals surface area contributed by atoms with Crippen LogP contribution in [0.1, 0.15) is 16.9 Å². The van der Waals surface area contributed by atoms with Crippen molar-refractivity contribution in [2.75, 3.05) is 25.1 Å². The summed E-state index contributed by atoms with van der Waals surface area (Å²) in [7, 11) is 1.71. The summed E-state index contributed by atoms with van der Waals surface area (Å²) >= 11 is 0. The van der Waals surface area contributed by atoms with Crippen LogP contribution in [0.5, 0.6) is 0 Å². The fourth-order valence-corrected chi connectivity index (χ4v) is 2.72. The normalized spacial score (nSPS) is 17.7. The second-order valence-electron chi connectivity index (χ2n) is 5.36. The Labute approximate surface area is 129 Å². The summed E-state index contributed by atoms with van der Waals surface area (Å²) < 4.78 is 5.38. The number of aromatic carboxylic acids is 1. The minimum Gasteiger partial charge on any atom is -0.477 e. The van der Waals surface area contributed by atoms with Crippen molar-refractivity contribution in [2.45, 2.75) is 12.5 Å². The van der Waals surface area contributed by atoms with E-state index in [9.17, 15) is 9.90 Å². The van der Waals surface area contributed by atoms with Gasteiger partial charge in [0, 0.05) is 31.5 Å². The summed E-state index contributed by atoms with van der Waals surface area (Å²) in [5.41, 5.74) is 2.54. The summed E-state index contributed by atoms with van der Waals surface area (Å²) in [5.74, 6) is -1.01. The van der Waals surface area contributed by atoms with Gasteiger partial charge in [0.1, 0.15) is 0 Å². The van der Waals surface area contributed by atoms with Gasteiger partial charge in [-0.1, -0.05) is 30.3 Å². The molecule has 1 N–H and O–H groups in total. The molecular weight excluding hydrogens is 280 g/mol. The van der Waals surface area contributed by atoms with Crippen LogP contribution < -0.4 is 4.90 Å². The van der Waals surface area contributed by atoms with Crippen molar-refractivity contribution in [1.29, 1.82) is 0 Å². The van der Waals surface area contributed by atoms with Crippen molar-refractivity contribution in [2.24, 2.45) is 0 Å². The summed E-state index contributed by atoms with van der Waals surface area (Å²) in [4.78, 5) is 17.8. The molecule has 1 saturated heterocycles. The van der Waals surface area contributed by atoms with E-state index in [1.54, 1.807) is 13.2 Å². The lowest BCUT2D eigenvalue weighted by Gasteiger charge is -2.19. The minimum absolute atomic E-state index is 0.0669. The van der Waals surface area contributed by atoms with E-state index in [4.69, 9.17) is 4.74 Å². The molecule has 0 amide bonds. The molecule has 1 fully saturated rings. The van der Waals surface area contributed by atoms with Gasteiger partial charge in [-0.25, -0.2) is 9.78 Å². The van der Waals surface area contributed by atoms with Crippen LogP contribution in [-0.4, -0.2) is 42.4 Å². The van der Waals surface area contributed by atoms with Crippen LogP contribution in [0.25, 0.3) is 11.3 Å². The van der Waals surface area contributed by atoms with Crippen molar-refractivity contribution < 1.29 is 14.6 Å². The molecule has 0 bridgehead atoms. The molecular formula is C17H18N2O3. The maximum atomic E-state index is 11.4. The lowest BCUT2D eigenvalue weighted by molar-refractivity contribution is 0.0690. The quantitative estimate of drug-likeness (QED) is 0.940. The number of ether oxygens (including phenoxy) is 1. The van der Waals surface area contributed by atoms with E-state index in [0.29, 0.717) is 5.69 Å². The van der Waals surface area contributed by atoms with Crippen LogP contribution in [0.2, 0.25) is 0 Å². The van der Waals surface area contributed by atoms with Gasteiger partial charge in [0.25, 0.3) is 0 Å². The zero-order valence-corrected chi connectivity index (χ0v) is 12.4. The topological polar surface area (TPSA) is 62.7 Å². The predicted molar refractivity (Wildman–Crippen MR) is 84.3 cm³/mol. The van der Waals surface area contributed by atoms with E-state index < -0.39 is 5.97 Å². The Morgan fingerprint density at radius 3 is 2.73 bits per heavy atom. The number of nitrogens with zero attached hydrogens (tertiary/aromatic N) is 2. The van der Waals surface area contributed by atoms with Gasteiger partial charge in [-0.3, -0.25) is 0 Å². The highest BCUT2D eigenvalue weighted by Crippen LogP contribution is 2.27. The number of methoxy groups -OCH3 is 1. The molecule has 0 spiro atoms. The number of hydrogen-bond donors (Lipinski definition) is 1. The van der Waals surface area contributed by atoms with Gasteiger partial charge in [0.15, 0.2) is 5.69 Å². The number of anilines is 1. The summed E-state index contributed by atoms with van der Waals surface area (Å²) in [6.45, 7) is 1.63. The second-order valence-corrected chi connectivity index (χ2v) is 5.36. The number of benzene rings is 1. The van der Waals surface area contributed by atoms with Crippen molar-refractivity contribution in [3.05, 3.63) is 48.2 Å². The van der Waals surface area contributed by atoms with Crippen molar-refractivity contribution >= 4 is 11.7 Å². The van der Waals surface area contributed by atoms with E-state index in [1.807, 2.05) is 36.4 Å². The molecule has 1 aromatic carbocycles. The first kappa shape index (κ1) is 14.5. The largest absolute Gasteiger partial charge is 0.477 e. The van der Waals surface area contributed by atoms with Gasteiger partial charge in [-0.2, -0.15) is 0 Å². The molecule has 0 aliphatic carbocycles. The highest BCUT2D eigenvalue weighted by Gasteiger charge is 2.23. The molecule has 1 aliphatic rings. The minimum atomic E-state index is -1.01. The molecule has 0 radical (unpaired) electrons. The zero-order valence-electron chi connectivity index (χ0n) is 12.4. The predicted octanol–water partition coefficient (Wildman–Crippen LogP) is 2.67. The number of rotatable bonds is 4. The monoisotopic (exact) mass is 298 g/mol. The van der Waals surface area contributed by atoms with Crippen LogP contribution in [0.4, 0.5) is 5.69 Å². The maximum absolute atomic E-state index is 11.4. The van der Waals surface area contributed by atoms with Crippen molar-refractivity contribution in [3.8, 4) is 11.3 Å². The number of carbonyl (C=O) groups is 1. The lowest BCUT2D eigenvalue weighted by Crippen LogP contribution is -2.22. The number of aromatic nitrogens is 1. The summed E-state index contributed by atoms with van der Waals surface area (Å²) in [6.07, 6.45) is 1.14. The van der Waals surface area contributed by atoms with Crippen LogP contribution in [0.3, 0.4) is 0 Å². The van der Waals surface area contributed by atoms with Crippen LogP contribution in [0.15, 0.2) is 42.5 Å².